The summed E-state index contributed by atoms with van der Waals surface area (Å²) in [7, 11) is 1.53. The van der Waals surface area contributed by atoms with Crippen LogP contribution in [0.15, 0.2) is 0 Å². The Balaban J connectivity index is -0.000000481. The quantitative estimate of drug-likeness (QED) is 0.177. The van der Waals surface area contributed by atoms with Gasteiger partial charge in [0.2, 0.25) is 0 Å². The third-order valence-corrected chi connectivity index (χ3v) is 16.5. The first kappa shape index (κ1) is 42.6. The monoisotopic (exact) mass is 624 g/mol. The van der Waals surface area contributed by atoms with E-state index in [1.807, 2.05) is 33.7 Å². The standard InChI is InChI=1S/C8H22O5Si2.C7H16O4Si.C6H16O2Si.CH2O/c1-10-14(5,11-2)6-7-15(8-9,12-3)13-4;1-8-12(3,9-2)6-10-4-7-5-11-7;1-5-7-9(3,4)8-6-2;1-2/h9H,6-8H2,1-5H3;7H,4-6H2,1-3H3;5-6H2,1-4H3;1H2. The summed E-state index contributed by atoms with van der Waals surface area (Å²) in [6.45, 7) is 17.1. The van der Waals surface area contributed by atoms with Crippen molar-refractivity contribution in [2.45, 2.75) is 58.2 Å². The molecule has 0 aliphatic carbocycles. The molecule has 0 saturated carbocycles. The number of carbonyl (C=O) groups is 1. The second-order valence-electron chi connectivity index (χ2n) is 8.80. The van der Waals surface area contributed by atoms with Gasteiger partial charge in [0.05, 0.1) is 25.7 Å². The predicted octanol–water partition coefficient (Wildman–Crippen LogP) is 2.50. The average Bonchev–Trinajstić information content (AvgIpc) is 3.76. The maximum absolute atomic E-state index is 9.26. The molecule has 0 amide bonds. The van der Waals surface area contributed by atoms with Gasteiger partial charge in [-0.3, -0.25) is 0 Å². The van der Waals surface area contributed by atoms with Crippen LogP contribution >= 0.6 is 0 Å². The highest BCUT2D eigenvalue weighted by Crippen LogP contribution is 2.22. The highest BCUT2D eigenvalue weighted by molar-refractivity contribution is 6.72. The fourth-order valence-electron chi connectivity index (χ4n) is 2.68. The van der Waals surface area contributed by atoms with Crippen molar-refractivity contribution in [3.8, 4) is 0 Å². The van der Waals surface area contributed by atoms with Crippen molar-refractivity contribution in [2.75, 3.05) is 81.5 Å². The summed E-state index contributed by atoms with van der Waals surface area (Å²) in [4.78, 5) is 8.00. The lowest BCUT2D eigenvalue weighted by Crippen LogP contribution is -2.47. The molecular formula is C22H56O12Si4. The molecule has 12 nitrogen and oxygen atoms in total. The third kappa shape index (κ3) is 20.9. The van der Waals surface area contributed by atoms with Gasteiger partial charge in [-0.15, -0.1) is 0 Å². The molecule has 38 heavy (non-hydrogen) atoms. The highest BCUT2D eigenvalue weighted by atomic mass is 28.4. The Morgan fingerprint density at radius 2 is 1.18 bits per heavy atom. The van der Waals surface area contributed by atoms with Gasteiger partial charge in [-0.25, -0.2) is 0 Å². The SMILES string of the molecule is C=O.CCO[Si](C)(C)OCC.CO[Si](C)(CC[Si](CO)(OC)OC)OC.CO[Si](C)(COCC1CO1)OC. The van der Waals surface area contributed by atoms with E-state index in [1.165, 1.54) is 0 Å². The minimum Gasteiger partial charge on any atom is -0.398 e. The van der Waals surface area contributed by atoms with Gasteiger partial charge in [0.25, 0.3) is 0 Å². The van der Waals surface area contributed by atoms with Crippen LogP contribution in [-0.4, -0.2) is 134 Å². The van der Waals surface area contributed by atoms with Crippen molar-refractivity contribution in [1.82, 2.24) is 0 Å². The normalized spacial score (nSPS) is 15.3. The molecule has 0 radical (unpaired) electrons. The summed E-state index contributed by atoms with van der Waals surface area (Å²) < 4.78 is 53.0. The van der Waals surface area contributed by atoms with Gasteiger partial charge >= 0.3 is 34.2 Å². The molecule has 1 aliphatic heterocycles. The van der Waals surface area contributed by atoms with Crippen LogP contribution in [0.1, 0.15) is 13.8 Å². The van der Waals surface area contributed by atoms with E-state index in [1.54, 1.807) is 42.7 Å². The molecule has 0 aromatic rings. The van der Waals surface area contributed by atoms with Gasteiger partial charge in [-0.2, -0.15) is 0 Å². The van der Waals surface area contributed by atoms with E-state index >= 15 is 0 Å². The molecule has 1 saturated heterocycles. The van der Waals surface area contributed by atoms with Crippen molar-refractivity contribution >= 4 is 41.0 Å². The summed E-state index contributed by atoms with van der Waals surface area (Å²) >= 11 is 0. The van der Waals surface area contributed by atoms with Crippen LogP contribution in [0, 0.1) is 0 Å². The topological polar surface area (TPSA) is 133 Å². The zero-order valence-corrected chi connectivity index (χ0v) is 29.9. The average molecular weight is 625 g/mol. The van der Waals surface area contributed by atoms with E-state index in [2.05, 4.69) is 13.1 Å². The van der Waals surface area contributed by atoms with Crippen LogP contribution < -0.4 is 0 Å². The Labute approximate surface area is 235 Å². The Morgan fingerprint density at radius 1 is 0.763 bits per heavy atom. The van der Waals surface area contributed by atoms with Gasteiger partial charge < -0.3 is 54.8 Å². The smallest absolute Gasteiger partial charge is 0.363 e. The molecule has 1 aliphatic rings. The number of rotatable bonds is 18. The van der Waals surface area contributed by atoms with Crippen molar-refractivity contribution in [3.63, 3.8) is 0 Å². The predicted molar refractivity (Wildman–Crippen MR) is 156 cm³/mol. The van der Waals surface area contributed by atoms with Crippen LogP contribution in [0.2, 0.25) is 38.3 Å². The Kier molecular flexibility index (Phi) is 26.6. The van der Waals surface area contributed by atoms with Crippen LogP contribution in [0.5, 0.6) is 0 Å². The molecule has 1 rings (SSSR count). The molecule has 1 unspecified atom stereocenters. The summed E-state index contributed by atoms with van der Waals surface area (Å²) in [5.74, 6) is 0. The number of hydrogen-bond acceptors (Lipinski definition) is 12. The molecule has 0 bridgehead atoms. The Bertz CT molecular complexity index is 516. The minimum atomic E-state index is -2.43. The molecule has 232 valence electrons. The second-order valence-corrected chi connectivity index (χ2v) is 22.6. The molecule has 1 atom stereocenters. The lowest BCUT2D eigenvalue weighted by atomic mass is 10.5. The summed E-state index contributed by atoms with van der Waals surface area (Å²) in [5, 5.41) is 9.26. The molecule has 16 heteroatoms. The van der Waals surface area contributed by atoms with Crippen LogP contribution in [0.3, 0.4) is 0 Å². The van der Waals surface area contributed by atoms with E-state index in [-0.39, 0.29) is 6.23 Å². The van der Waals surface area contributed by atoms with E-state index in [0.29, 0.717) is 25.0 Å². The van der Waals surface area contributed by atoms with E-state index in [9.17, 15) is 5.11 Å². The molecule has 0 aromatic carbocycles. The van der Waals surface area contributed by atoms with Crippen molar-refractivity contribution in [2.24, 2.45) is 0 Å². The number of aliphatic hydroxyl groups is 1. The number of epoxide rings is 1. The molecule has 1 N–H and O–H groups in total. The van der Waals surface area contributed by atoms with Crippen molar-refractivity contribution in [1.29, 1.82) is 0 Å². The fourth-order valence-corrected chi connectivity index (χ4v) is 9.95. The first-order valence-corrected chi connectivity index (χ1v) is 22.6. The highest BCUT2D eigenvalue weighted by Gasteiger charge is 2.40. The zero-order chi connectivity index (χ0) is 30.3. The molecule has 0 spiro atoms. The molecular weight excluding hydrogens is 569 g/mol. The molecule has 1 fully saturated rings. The molecule has 0 aromatic heterocycles. The Morgan fingerprint density at radius 3 is 1.47 bits per heavy atom. The van der Waals surface area contributed by atoms with Gasteiger partial charge in [-0.05, 0) is 52.1 Å². The molecule has 1 heterocycles. The first-order valence-electron chi connectivity index (χ1n) is 12.5. The number of hydrogen-bond donors (Lipinski definition) is 1. The minimum absolute atomic E-state index is 0.0437. The van der Waals surface area contributed by atoms with Crippen LogP contribution in [0.4, 0.5) is 0 Å². The van der Waals surface area contributed by atoms with Crippen LogP contribution in [0.25, 0.3) is 0 Å². The van der Waals surface area contributed by atoms with Gasteiger partial charge in [0, 0.05) is 55.9 Å². The number of ether oxygens (including phenoxy) is 2. The van der Waals surface area contributed by atoms with Gasteiger partial charge in [-0.1, -0.05) is 0 Å². The lowest BCUT2D eigenvalue weighted by Gasteiger charge is -2.29. The van der Waals surface area contributed by atoms with Crippen molar-refractivity contribution < 1.29 is 54.8 Å². The summed E-state index contributed by atoms with van der Waals surface area (Å²) in [5.41, 5.74) is 0. The maximum atomic E-state index is 9.26. The second kappa shape index (κ2) is 23.8. The summed E-state index contributed by atoms with van der Waals surface area (Å²) in [6.07, 6.45) is 0.842. The van der Waals surface area contributed by atoms with Crippen LogP contribution in [-0.2, 0) is 49.7 Å². The fraction of sp³-hybridized carbons (Fsp3) is 0.955. The first-order chi connectivity index (χ1) is 17.8. The van der Waals surface area contributed by atoms with Crippen molar-refractivity contribution in [3.05, 3.63) is 0 Å². The van der Waals surface area contributed by atoms with E-state index in [4.69, 9.17) is 49.7 Å². The number of carbonyl (C=O) groups excluding carboxylic acids is 1. The number of aliphatic hydroxyl groups excluding tert-OH is 1. The third-order valence-electron chi connectivity index (χ3n) is 5.73. The lowest BCUT2D eigenvalue weighted by molar-refractivity contribution is -0.0980. The maximum Gasteiger partial charge on any atom is 0.363 e. The largest absolute Gasteiger partial charge is 0.398 e. The van der Waals surface area contributed by atoms with Gasteiger partial charge in [0.1, 0.15) is 12.9 Å². The Hall–Kier alpha value is 0.0975. The van der Waals surface area contributed by atoms with E-state index in [0.717, 1.165) is 25.9 Å². The summed E-state index contributed by atoms with van der Waals surface area (Å²) in [6, 6.07) is 1.44. The van der Waals surface area contributed by atoms with E-state index < -0.39 is 34.2 Å². The zero-order valence-electron chi connectivity index (χ0n) is 25.9. The van der Waals surface area contributed by atoms with Gasteiger partial charge in [0.15, 0.2) is 0 Å².